The number of ether oxygens (including phenoxy) is 2. The molecule has 0 saturated heterocycles. The largest absolute Gasteiger partial charge is 0.490 e. The summed E-state index contributed by atoms with van der Waals surface area (Å²) in [4.78, 5) is 13.9. The smallest absolute Gasteiger partial charge is 0.317 e. The van der Waals surface area contributed by atoms with Crippen molar-refractivity contribution in [2.45, 2.75) is 26.8 Å². The van der Waals surface area contributed by atoms with Gasteiger partial charge >= 0.3 is 6.03 Å². The lowest BCUT2D eigenvalue weighted by atomic mass is 10.1. The van der Waals surface area contributed by atoms with E-state index in [9.17, 15) is 4.79 Å². The Morgan fingerprint density at radius 1 is 1.07 bits per heavy atom. The molecule has 2 aromatic carbocycles. The van der Waals surface area contributed by atoms with E-state index in [0.29, 0.717) is 38.3 Å². The number of urea groups is 1. The normalized spacial score (nSPS) is 10.1. The molecule has 28 heavy (non-hydrogen) atoms. The first-order valence-corrected chi connectivity index (χ1v) is 9.43. The maximum Gasteiger partial charge on any atom is 0.317 e. The maximum atomic E-state index is 12.3. The van der Waals surface area contributed by atoms with Gasteiger partial charge < -0.3 is 19.7 Å². The van der Waals surface area contributed by atoms with Gasteiger partial charge in [0.25, 0.3) is 0 Å². The molecule has 2 amide bonds. The van der Waals surface area contributed by atoms with E-state index in [-0.39, 0.29) is 6.03 Å². The molecule has 6 nitrogen and oxygen atoms in total. The van der Waals surface area contributed by atoms with E-state index < -0.39 is 0 Å². The minimum Gasteiger partial charge on any atom is -0.490 e. The van der Waals surface area contributed by atoms with Crippen LogP contribution in [0.4, 0.5) is 4.79 Å². The van der Waals surface area contributed by atoms with E-state index in [4.69, 9.17) is 14.7 Å². The molecule has 0 aliphatic rings. The molecule has 0 fully saturated rings. The van der Waals surface area contributed by atoms with Crippen LogP contribution in [0.15, 0.2) is 42.5 Å². The monoisotopic (exact) mass is 381 g/mol. The first-order chi connectivity index (χ1) is 13.6. The van der Waals surface area contributed by atoms with Crippen molar-refractivity contribution in [2.75, 3.05) is 26.8 Å². The van der Waals surface area contributed by atoms with E-state index in [1.54, 1.807) is 24.1 Å². The van der Waals surface area contributed by atoms with Crippen LogP contribution in [0, 0.1) is 11.3 Å². The molecule has 0 heterocycles. The lowest BCUT2D eigenvalue weighted by molar-refractivity contribution is 0.207. The number of rotatable bonds is 9. The summed E-state index contributed by atoms with van der Waals surface area (Å²) in [5.41, 5.74) is 2.58. The van der Waals surface area contributed by atoms with Crippen molar-refractivity contribution in [3.8, 4) is 17.6 Å². The van der Waals surface area contributed by atoms with E-state index >= 15 is 0 Å². The number of carbonyl (C=O) groups is 1. The standard InChI is InChI=1S/C22H27N3O3/c1-4-27-20-10-9-17(14-21(20)28-5-2)11-12-24-22(26)25(3)16-19-8-6-7-18(13-19)15-23/h6-10,13-14H,4-5,11-12,16H2,1-3H3,(H,24,26). The highest BCUT2D eigenvalue weighted by molar-refractivity contribution is 5.73. The second kappa shape index (κ2) is 10.8. The molecule has 148 valence electrons. The highest BCUT2D eigenvalue weighted by Gasteiger charge is 2.10. The van der Waals surface area contributed by atoms with Crippen LogP contribution < -0.4 is 14.8 Å². The summed E-state index contributed by atoms with van der Waals surface area (Å²) < 4.78 is 11.2. The van der Waals surface area contributed by atoms with Crippen LogP contribution in [0.1, 0.15) is 30.5 Å². The van der Waals surface area contributed by atoms with Gasteiger partial charge in [0.2, 0.25) is 0 Å². The van der Waals surface area contributed by atoms with Crippen molar-refractivity contribution in [1.82, 2.24) is 10.2 Å². The van der Waals surface area contributed by atoms with Crippen LogP contribution in [-0.4, -0.2) is 37.7 Å². The Labute approximate surface area is 166 Å². The number of hydrogen-bond donors (Lipinski definition) is 1. The minimum atomic E-state index is -0.154. The van der Waals surface area contributed by atoms with Gasteiger partial charge in [0.1, 0.15) is 0 Å². The van der Waals surface area contributed by atoms with Gasteiger partial charge in [0.15, 0.2) is 11.5 Å². The Hall–Kier alpha value is -3.20. The molecule has 0 unspecified atom stereocenters. The molecule has 0 aliphatic carbocycles. The molecule has 1 N–H and O–H groups in total. The minimum absolute atomic E-state index is 0.154. The van der Waals surface area contributed by atoms with Crippen molar-refractivity contribution in [3.05, 3.63) is 59.2 Å². The molecule has 0 spiro atoms. The zero-order chi connectivity index (χ0) is 20.4. The van der Waals surface area contributed by atoms with Crippen molar-refractivity contribution < 1.29 is 14.3 Å². The zero-order valence-corrected chi connectivity index (χ0v) is 16.7. The molecular formula is C22H27N3O3. The average Bonchev–Trinajstić information content (AvgIpc) is 2.70. The Morgan fingerprint density at radius 2 is 1.82 bits per heavy atom. The summed E-state index contributed by atoms with van der Waals surface area (Å²) in [5, 5.41) is 11.9. The molecule has 2 rings (SSSR count). The van der Waals surface area contributed by atoms with Crippen LogP contribution in [0.5, 0.6) is 11.5 Å². The second-order valence-corrected chi connectivity index (χ2v) is 6.30. The van der Waals surface area contributed by atoms with Crippen molar-refractivity contribution in [1.29, 1.82) is 5.26 Å². The van der Waals surface area contributed by atoms with Gasteiger partial charge in [-0.1, -0.05) is 18.2 Å². The summed E-state index contributed by atoms with van der Waals surface area (Å²) in [6, 6.07) is 15.1. The zero-order valence-electron chi connectivity index (χ0n) is 16.7. The lowest BCUT2D eigenvalue weighted by Crippen LogP contribution is -2.37. The number of nitriles is 1. The summed E-state index contributed by atoms with van der Waals surface area (Å²) in [5.74, 6) is 1.46. The number of carbonyl (C=O) groups excluding carboxylic acids is 1. The highest BCUT2D eigenvalue weighted by atomic mass is 16.5. The molecule has 0 atom stereocenters. The van der Waals surface area contributed by atoms with Gasteiger partial charge in [-0.15, -0.1) is 0 Å². The van der Waals surface area contributed by atoms with E-state index in [2.05, 4.69) is 11.4 Å². The van der Waals surface area contributed by atoms with Gasteiger partial charge in [-0.05, 0) is 55.7 Å². The lowest BCUT2D eigenvalue weighted by Gasteiger charge is -2.18. The third-order valence-corrected chi connectivity index (χ3v) is 4.12. The van der Waals surface area contributed by atoms with E-state index in [0.717, 1.165) is 22.6 Å². The molecular weight excluding hydrogens is 354 g/mol. The topological polar surface area (TPSA) is 74.6 Å². The van der Waals surface area contributed by atoms with Gasteiger partial charge in [-0.3, -0.25) is 0 Å². The van der Waals surface area contributed by atoms with Crippen LogP contribution in [0.25, 0.3) is 0 Å². The van der Waals surface area contributed by atoms with Crippen LogP contribution in [0.3, 0.4) is 0 Å². The Bertz CT molecular complexity index is 830. The molecule has 2 aromatic rings. The fourth-order valence-corrected chi connectivity index (χ4v) is 2.78. The molecule has 0 saturated carbocycles. The first-order valence-electron chi connectivity index (χ1n) is 9.43. The Balaban J connectivity index is 1.87. The van der Waals surface area contributed by atoms with Crippen molar-refractivity contribution >= 4 is 6.03 Å². The number of hydrogen-bond acceptors (Lipinski definition) is 4. The Morgan fingerprint density at radius 3 is 2.54 bits per heavy atom. The SMILES string of the molecule is CCOc1ccc(CCNC(=O)N(C)Cc2cccc(C#N)c2)cc1OCC. The fourth-order valence-electron chi connectivity index (χ4n) is 2.78. The average molecular weight is 381 g/mol. The fraction of sp³-hybridized carbons (Fsp3) is 0.364. The Kier molecular flexibility index (Phi) is 8.16. The molecule has 0 radical (unpaired) electrons. The second-order valence-electron chi connectivity index (χ2n) is 6.30. The first kappa shape index (κ1) is 21.1. The van der Waals surface area contributed by atoms with Crippen LogP contribution in [0.2, 0.25) is 0 Å². The quantitative estimate of drug-likeness (QED) is 0.718. The summed E-state index contributed by atoms with van der Waals surface area (Å²) in [7, 11) is 1.73. The number of benzene rings is 2. The predicted octanol–water partition coefficient (Wildman–Crippen LogP) is 3.74. The molecule has 0 bridgehead atoms. The van der Waals surface area contributed by atoms with Gasteiger partial charge in [0.05, 0.1) is 24.8 Å². The van der Waals surface area contributed by atoms with E-state index in [1.165, 1.54) is 0 Å². The summed E-state index contributed by atoms with van der Waals surface area (Å²) >= 11 is 0. The third-order valence-electron chi connectivity index (χ3n) is 4.12. The molecule has 0 aliphatic heterocycles. The number of amides is 2. The number of nitrogens with zero attached hydrogens (tertiary/aromatic N) is 2. The number of nitrogens with one attached hydrogen (secondary N) is 1. The van der Waals surface area contributed by atoms with Gasteiger partial charge in [0, 0.05) is 20.1 Å². The summed E-state index contributed by atoms with van der Waals surface area (Å²) in [6.07, 6.45) is 0.690. The predicted molar refractivity (Wildman–Crippen MR) is 109 cm³/mol. The van der Waals surface area contributed by atoms with Crippen molar-refractivity contribution in [3.63, 3.8) is 0 Å². The van der Waals surface area contributed by atoms with Crippen LogP contribution in [-0.2, 0) is 13.0 Å². The highest BCUT2D eigenvalue weighted by Crippen LogP contribution is 2.28. The van der Waals surface area contributed by atoms with Gasteiger partial charge in [-0.25, -0.2) is 4.79 Å². The molecule has 6 heteroatoms. The molecule has 0 aromatic heterocycles. The maximum absolute atomic E-state index is 12.3. The van der Waals surface area contributed by atoms with Crippen molar-refractivity contribution in [2.24, 2.45) is 0 Å². The van der Waals surface area contributed by atoms with Gasteiger partial charge in [-0.2, -0.15) is 5.26 Å². The summed E-state index contributed by atoms with van der Waals surface area (Å²) in [6.45, 7) is 5.98. The van der Waals surface area contributed by atoms with E-state index in [1.807, 2.05) is 44.2 Å². The third kappa shape index (κ3) is 6.20. The van der Waals surface area contributed by atoms with Crippen LogP contribution >= 0.6 is 0 Å².